The molecule has 2 fully saturated rings. The SMILES string of the molecule is CC.COC(=O)C1(NP(OCC2CC(C)C(n3cnc4c(=O)[nH]c(N)nc43)O2)Oc2ccc(C)cc2)CC1. The fraction of sp³-hybridized carbons (Fsp3) is 0.520. The Balaban J connectivity index is 0.00000164. The minimum Gasteiger partial charge on any atom is -0.468 e. The summed E-state index contributed by atoms with van der Waals surface area (Å²) in [5.74, 6) is 0.424. The number of aromatic amines is 1. The lowest BCUT2D eigenvalue weighted by Gasteiger charge is -2.24. The predicted octanol–water partition coefficient (Wildman–Crippen LogP) is 3.58. The molecule has 0 spiro atoms. The van der Waals surface area contributed by atoms with Crippen LogP contribution in [0.2, 0.25) is 0 Å². The second-order valence-electron chi connectivity index (χ2n) is 9.28. The molecule has 1 aromatic carbocycles. The standard InChI is InChI=1S/C23H29N6O6P.C2H6/c1-13-4-6-15(7-5-13)35-36(28-23(8-9-23)21(31)32-3)33-11-16-10-14(2)20(34-16)29-12-25-17-18(29)26-22(24)27-19(17)30;1-2/h4-7,12,14,16,20,28H,8-11H2,1-3H3,(H3,24,26,27,30);1-2H3. The first kappa shape index (κ1) is 28.0. The summed E-state index contributed by atoms with van der Waals surface area (Å²) in [5, 5.41) is 3.24. The van der Waals surface area contributed by atoms with Gasteiger partial charge in [0.25, 0.3) is 5.56 Å². The number of hydrogen-bond acceptors (Lipinski definition) is 10. The van der Waals surface area contributed by atoms with Gasteiger partial charge in [0.05, 0.1) is 26.1 Å². The highest BCUT2D eigenvalue weighted by atomic mass is 31.2. The molecule has 13 heteroatoms. The third-order valence-electron chi connectivity index (χ3n) is 6.40. The molecular weight excluding hydrogens is 511 g/mol. The van der Waals surface area contributed by atoms with Crippen LogP contribution in [0.3, 0.4) is 0 Å². The molecule has 12 nitrogen and oxygen atoms in total. The number of H-pyrrole nitrogens is 1. The van der Waals surface area contributed by atoms with E-state index in [9.17, 15) is 9.59 Å². The summed E-state index contributed by atoms with van der Waals surface area (Å²) in [6.07, 6.45) is 2.92. The van der Waals surface area contributed by atoms with Crippen molar-refractivity contribution < 1.29 is 23.3 Å². The van der Waals surface area contributed by atoms with Crippen LogP contribution in [0, 0.1) is 12.8 Å². The van der Waals surface area contributed by atoms with Crippen molar-refractivity contribution in [3.05, 3.63) is 46.5 Å². The number of anilines is 1. The average molecular weight is 547 g/mol. The summed E-state index contributed by atoms with van der Waals surface area (Å²) >= 11 is 0. The van der Waals surface area contributed by atoms with E-state index >= 15 is 0 Å². The molecule has 0 bridgehead atoms. The Morgan fingerprint density at radius 1 is 1.32 bits per heavy atom. The predicted molar refractivity (Wildman–Crippen MR) is 143 cm³/mol. The molecule has 4 unspecified atom stereocenters. The molecule has 206 valence electrons. The molecule has 2 aromatic heterocycles. The van der Waals surface area contributed by atoms with Crippen molar-refractivity contribution >= 4 is 31.6 Å². The number of aromatic nitrogens is 4. The van der Waals surface area contributed by atoms with E-state index in [1.807, 2.05) is 52.0 Å². The van der Waals surface area contributed by atoms with Gasteiger partial charge in [0.15, 0.2) is 11.2 Å². The highest BCUT2D eigenvalue weighted by molar-refractivity contribution is 7.45. The topological polar surface area (TPSA) is 156 Å². The number of carbonyl (C=O) groups is 1. The van der Waals surface area contributed by atoms with E-state index in [0.717, 1.165) is 5.56 Å². The van der Waals surface area contributed by atoms with E-state index in [1.54, 1.807) is 10.9 Å². The van der Waals surface area contributed by atoms with Gasteiger partial charge in [-0.3, -0.25) is 19.1 Å². The molecule has 4 N–H and O–H groups in total. The normalized spacial score (nSPS) is 22.4. The number of nitrogens with zero attached hydrogens (tertiary/aromatic N) is 3. The molecule has 1 aliphatic carbocycles. The third kappa shape index (κ3) is 5.99. The molecule has 3 aromatic rings. The van der Waals surface area contributed by atoms with Crippen molar-refractivity contribution in [3.63, 3.8) is 0 Å². The van der Waals surface area contributed by atoms with E-state index in [2.05, 4.69) is 20.0 Å². The zero-order valence-electron chi connectivity index (χ0n) is 22.3. The van der Waals surface area contributed by atoms with Gasteiger partial charge in [-0.2, -0.15) is 4.98 Å². The fourth-order valence-corrected chi connectivity index (χ4v) is 5.72. The maximum atomic E-state index is 12.3. The molecule has 38 heavy (non-hydrogen) atoms. The van der Waals surface area contributed by atoms with Crippen LogP contribution in [0.5, 0.6) is 5.75 Å². The van der Waals surface area contributed by atoms with Gasteiger partial charge in [0.1, 0.15) is 17.5 Å². The lowest BCUT2D eigenvalue weighted by Crippen LogP contribution is -2.38. The number of aryl methyl sites for hydroxylation is 1. The molecule has 3 heterocycles. The number of ether oxygens (including phenoxy) is 2. The van der Waals surface area contributed by atoms with E-state index < -0.39 is 19.6 Å². The van der Waals surface area contributed by atoms with Gasteiger partial charge in [-0.25, -0.2) is 10.1 Å². The number of nitrogens with one attached hydrogen (secondary N) is 2. The second-order valence-corrected chi connectivity index (χ2v) is 10.5. The van der Waals surface area contributed by atoms with E-state index in [0.29, 0.717) is 30.7 Å². The first-order chi connectivity index (χ1) is 18.3. The Labute approximate surface area is 222 Å². The number of carbonyl (C=O) groups excluding carboxylic acids is 1. The van der Waals surface area contributed by atoms with E-state index in [1.165, 1.54) is 7.11 Å². The number of esters is 1. The number of nitrogens with two attached hydrogens (primary N) is 1. The van der Waals surface area contributed by atoms with Gasteiger partial charge in [-0.1, -0.05) is 38.5 Å². The van der Waals surface area contributed by atoms with Crippen LogP contribution in [0.1, 0.15) is 51.8 Å². The number of fused-ring (bicyclic) bond motifs is 1. The van der Waals surface area contributed by atoms with E-state index in [-0.39, 0.29) is 42.3 Å². The van der Waals surface area contributed by atoms with Crippen LogP contribution in [-0.2, 0) is 18.8 Å². The van der Waals surface area contributed by atoms with Gasteiger partial charge < -0.3 is 24.3 Å². The van der Waals surface area contributed by atoms with Crippen LogP contribution >= 0.6 is 8.53 Å². The summed E-state index contributed by atoms with van der Waals surface area (Å²) in [6, 6.07) is 7.62. The Morgan fingerprint density at radius 3 is 2.68 bits per heavy atom. The largest absolute Gasteiger partial charge is 0.468 e. The molecule has 1 saturated heterocycles. The zero-order chi connectivity index (χ0) is 27.4. The van der Waals surface area contributed by atoms with E-state index in [4.69, 9.17) is 24.3 Å². The van der Waals surface area contributed by atoms with Crippen LogP contribution in [0.15, 0.2) is 35.4 Å². The minimum atomic E-state index is -1.66. The first-order valence-electron chi connectivity index (χ1n) is 12.7. The summed E-state index contributed by atoms with van der Waals surface area (Å²) in [6.45, 7) is 8.29. The van der Waals surface area contributed by atoms with Crippen LogP contribution < -0.4 is 20.9 Å². The number of benzene rings is 1. The van der Waals surface area contributed by atoms with Crippen molar-refractivity contribution in [1.82, 2.24) is 24.6 Å². The minimum absolute atomic E-state index is 0.0179. The number of methoxy groups -OCH3 is 1. The third-order valence-corrected chi connectivity index (χ3v) is 7.77. The number of hydrogen-bond donors (Lipinski definition) is 3. The van der Waals surface area contributed by atoms with Crippen LogP contribution in [0.25, 0.3) is 11.2 Å². The van der Waals surface area contributed by atoms with Gasteiger partial charge in [0, 0.05) is 5.92 Å². The molecule has 1 saturated carbocycles. The molecular formula is C25H35N6O6P. The van der Waals surface area contributed by atoms with Gasteiger partial charge in [0.2, 0.25) is 5.95 Å². The van der Waals surface area contributed by atoms with Crippen molar-refractivity contribution in [3.8, 4) is 5.75 Å². The zero-order valence-corrected chi connectivity index (χ0v) is 23.2. The van der Waals surface area contributed by atoms with Crippen molar-refractivity contribution in [2.45, 2.75) is 64.8 Å². The monoisotopic (exact) mass is 546 g/mol. The lowest BCUT2D eigenvalue weighted by molar-refractivity contribution is -0.143. The Hall–Kier alpha value is -3.05. The average Bonchev–Trinajstić information content (AvgIpc) is 3.42. The number of rotatable bonds is 9. The maximum absolute atomic E-state index is 12.3. The molecule has 4 atom stereocenters. The molecule has 1 aliphatic heterocycles. The Morgan fingerprint density at radius 2 is 2.03 bits per heavy atom. The summed E-state index contributed by atoms with van der Waals surface area (Å²) in [5.41, 5.74) is 6.23. The Kier molecular flexibility index (Phi) is 8.67. The van der Waals surface area contributed by atoms with Crippen molar-refractivity contribution in [1.29, 1.82) is 0 Å². The molecule has 2 aliphatic rings. The smallest absolute Gasteiger partial charge is 0.326 e. The maximum Gasteiger partial charge on any atom is 0.326 e. The number of imidazole rings is 1. The summed E-state index contributed by atoms with van der Waals surface area (Å²) in [4.78, 5) is 35.3. The van der Waals surface area contributed by atoms with Crippen LogP contribution in [0.4, 0.5) is 5.95 Å². The molecule has 0 amide bonds. The van der Waals surface area contributed by atoms with Crippen LogP contribution in [-0.4, -0.2) is 50.8 Å². The van der Waals surface area contributed by atoms with Crippen molar-refractivity contribution in [2.75, 3.05) is 19.5 Å². The Bertz CT molecular complexity index is 1310. The molecule has 0 radical (unpaired) electrons. The summed E-state index contributed by atoms with van der Waals surface area (Å²) < 4.78 is 25.2. The lowest BCUT2D eigenvalue weighted by atomic mass is 10.1. The highest BCUT2D eigenvalue weighted by Gasteiger charge is 2.53. The van der Waals surface area contributed by atoms with Gasteiger partial charge >= 0.3 is 14.5 Å². The van der Waals surface area contributed by atoms with Crippen molar-refractivity contribution in [2.24, 2.45) is 5.92 Å². The van der Waals surface area contributed by atoms with Gasteiger partial charge in [-0.05, 0) is 38.3 Å². The fourth-order valence-electron chi connectivity index (χ4n) is 4.28. The first-order valence-corrected chi connectivity index (χ1v) is 13.9. The highest BCUT2D eigenvalue weighted by Crippen LogP contribution is 2.47. The van der Waals surface area contributed by atoms with Gasteiger partial charge in [-0.15, -0.1) is 0 Å². The molecule has 5 rings (SSSR count). The quantitative estimate of drug-likeness (QED) is 0.268. The summed E-state index contributed by atoms with van der Waals surface area (Å²) in [7, 11) is -0.288. The second kappa shape index (κ2) is 11.8. The number of nitrogen functional groups attached to an aromatic ring is 1.